The van der Waals surface area contributed by atoms with E-state index >= 15 is 0 Å². The normalized spacial score (nSPS) is 14.7. The van der Waals surface area contributed by atoms with Crippen LogP contribution in [0.1, 0.15) is 23.6 Å². The van der Waals surface area contributed by atoms with Crippen molar-refractivity contribution < 1.29 is 30.7 Å². The molecule has 0 aromatic heterocycles. The van der Waals surface area contributed by atoms with E-state index in [9.17, 15) is 30.7 Å². The average Bonchev–Trinajstić information content (AvgIpc) is 2.12. The Balaban J connectivity index is 3.22. The molecule has 2 N–H and O–H groups in total. The number of hydrogen-bond acceptors (Lipinski definition) is 1. The second-order valence-corrected chi connectivity index (χ2v) is 3.62. The van der Waals surface area contributed by atoms with Gasteiger partial charge >= 0.3 is 12.4 Å². The zero-order chi connectivity index (χ0) is 14.1. The van der Waals surface area contributed by atoms with Crippen molar-refractivity contribution in [1.82, 2.24) is 0 Å². The highest BCUT2D eigenvalue weighted by Crippen LogP contribution is 2.38. The summed E-state index contributed by atoms with van der Waals surface area (Å²) in [5.74, 6) is -1.40. The molecular formula is C10H8F7N. The quantitative estimate of drug-likeness (QED) is 0.816. The third-order valence-corrected chi connectivity index (χ3v) is 2.18. The van der Waals surface area contributed by atoms with Crippen molar-refractivity contribution in [2.24, 2.45) is 5.73 Å². The second-order valence-electron chi connectivity index (χ2n) is 3.62. The van der Waals surface area contributed by atoms with Gasteiger partial charge in [0, 0.05) is 11.6 Å². The number of alkyl halides is 6. The van der Waals surface area contributed by atoms with Crippen molar-refractivity contribution in [3.8, 4) is 0 Å². The standard InChI is InChI=1S/C10H8F7N/c11-6-3-1-2-5(10(15,16)17)8(6)7(18)4-9(12,13)14/h1-3,7H,4,18H2/t7-/m1/s1. The van der Waals surface area contributed by atoms with E-state index in [0.717, 1.165) is 6.07 Å². The van der Waals surface area contributed by atoms with Crippen LogP contribution in [0.2, 0.25) is 0 Å². The van der Waals surface area contributed by atoms with Crippen LogP contribution in [0.4, 0.5) is 30.7 Å². The topological polar surface area (TPSA) is 26.0 Å². The van der Waals surface area contributed by atoms with Gasteiger partial charge in [0.25, 0.3) is 0 Å². The van der Waals surface area contributed by atoms with Gasteiger partial charge in [-0.25, -0.2) is 4.39 Å². The molecule has 1 rings (SSSR count). The Morgan fingerprint density at radius 3 is 2.06 bits per heavy atom. The maximum absolute atomic E-state index is 13.3. The third kappa shape index (κ3) is 3.59. The molecule has 0 aliphatic carbocycles. The zero-order valence-electron chi connectivity index (χ0n) is 8.74. The van der Waals surface area contributed by atoms with Crippen molar-refractivity contribution in [2.45, 2.75) is 24.8 Å². The summed E-state index contributed by atoms with van der Waals surface area (Å²) in [6.07, 6.45) is -11.5. The van der Waals surface area contributed by atoms with Crippen molar-refractivity contribution in [3.63, 3.8) is 0 Å². The summed E-state index contributed by atoms with van der Waals surface area (Å²) in [6.45, 7) is 0. The zero-order valence-corrected chi connectivity index (χ0v) is 8.74. The highest BCUT2D eigenvalue weighted by atomic mass is 19.4. The molecule has 0 saturated heterocycles. The smallest absolute Gasteiger partial charge is 0.324 e. The Hall–Kier alpha value is -1.31. The van der Waals surface area contributed by atoms with Crippen LogP contribution in [-0.4, -0.2) is 6.18 Å². The summed E-state index contributed by atoms with van der Waals surface area (Å²) in [7, 11) is 0. The first kappa shape index (κ1) is 14.7. The summed E-state index contributed by atoms with van der Waals surface area (Å²) < 4.78 is 87.0. The van der Waals surface area contributed by atoms with E-state index in [1.54, 1.807) is 0 Å². The Bertz CT molecular complexity index is 421. The van der Waals surface area contributed by atoms with Gasteiger partial charge in [0.2, 0.25) is 0 Å². The van der Waals surface area contributed by atoms with E-state index < -0.39 is 41.8 Å². The number of halogens is 7. The van der Waals surface area contributed by atoms with Gasteiger partial charge in [-0.3, -0.25) is 0 Å². The highest BCUT2D eigenvalue weighted by Gasteiger charge is 2.39. The van der Waals surface area contributed by atoms with Crippen LogP contribution in [-0.2, 0) is 6.18 Å². The molecular weight excluding hydrogens is 267 g/mol. The summed E-state index contributed by atoms with van der Waals surface area (Å²) in [5.41, 5.74) is 2.37. The van der Waals surface area contributed by atoms with Gasteiger partial charge in [-0.15, -0.1) is 0 Å². The first-order chi connectivity index (χ1) is 8.02. The first-order valence-corrected chi connectivity index (χ1v) is 4.70. The second kappa shape index (κ2) is 4.75. The van der Waals surface area contributed by atoms with Gasteiger partial charge in [0.1, 0.15) is 5.82 Å². The molecule has 1 nitrogen and oxygen atoms in total. The fourth-order valence-corrected chi connectivity index (χ4v) is 1.51. The van der Waals surface area contributed by atoms with Crippen LogP contribution in [0.3, 0.4) is 0 Å². The lowest BCUT2D eigenvalue weighted by molar-refractivity contribution is -0.145. The number of rotatable bonds is 2. The Kier molecular flexibility index (Phi) is 3.89. The molecule has 8 heteroatoms. The van der Waals surface area contributed by atoms with E-state index in [0.29, 0.717) is 12.1 Å². The van der Waals surface area contributed by atoms with Crippen molar-refractivity contribution in [1.29, 1.82) is 0 Å². The summed E-state index contributed by atoms with van der Waals surface area (Å²) in [4.78, 5) is 0. The minimum atomic E-state index is -4.96. The summed E-state index contributed by atoms with van der Waals surface area (Å²) in [6, 6.07) is -0.194. The molecule has 0 unspecified atom stereocenters. The SMILES string of the molecule is N[C@H](CC(F)(F)F)c1c(F)cccc1C(F)(F)F. The van der Waals surface area contributed by atoms with Gasteiger partial charge in [-0.2, -0.15) is 26.3 Å². The van der Waals surface area contributed by atoms with Crippen LogP contribution in [0.15, 0.2) is 18.2 Å². The lowest BCUT2D eigenvalue weighted by Crippen LogP contribution is -2.24. The van der Waals surface area contributed by atoms with E-state index in [1.165, 1.54) is 0 Å². The maximum Gasteiger partial charge on any atom is 0.416 e. The molecule has 18 heavy (non-hydrogen) atoms. The Morgan fingerprint density at radius 1 is 1.06 bits per heavy atom. The highest BCUT2D eigenvalue weighted by molar-refractivity contribution is 5.33. The summed E-state index contributed by atoms with van der Waals surface area (Å²) in [5, 5.41) is 0. The maximum atomic E-state index is 13.3. The lowest BCUT2D eigenvalue weighted by Gasteiger charge is -2.20. The van der Waals surface area contributed by atoms with Crippen LogP contribution in [0, 0.1) is 5.82 Å². The first-order valence-electron chi connectivity index (χ1n) is 4.70. The molecule has 1 aromatic rings. The molecule has 102 valence electrons. The Labute approximate surface area is 97.4 Å². The molecule has 0 amide bonds. The number of nitrogens with two attached hydrogens (primary N) is 1. The summed E-state index contributed by atoms with van der Waals surface area (Å²) >= 11 is 0. The average molecular weight is 275 g/mol. The van der Waals surface area contributed by atoms with E-state index in [-0.39, 0.29) is 0 Å². The minimum Gasteiger partial charge on any atom is -0.324 e. The molecule has 0 spiro atoms. The fourth-order valence-electron chi connectivity index (χ4n) is 1.51. The van der Waals surface area contributed by atoms with Gasteiger partial charge in [0.05, 0.1) is 12.0 Å². The van der Waals surface area contributed by atoms with Gasteiger partial charge < -0.3 is 5.73 Å². The molecule has 0 aliphatic rings. The van der Waals surface area contributed by atoms with Crippen LogP contribution >= 0.6 is 0 Å². The van der Waals surface area contributed by atoms with E-state index in [4.69, 9.17) is 5.73 Å². The van der Waals surface area contributed by atoms with Crippen LogP contribution < -0.4 is 5.73 Å². The minimum absolute atomic E-state index is 0.495. The predicted molar refractivity (Wildman–Crippen MR) is 49.0 cm³/mol. The number of benzene rings is 1. The van der Waals surface area contributed by atoms with E-state index in [2.05, 4.69) is 0 Å². The Morgan fingerprint density at radius 2 is 1.61 bits per heavy atom. The molecule has 0 saturated carbocycles. The number of hydrogen-bond donors (Lipinski definition) is 1. The predicted octanol–water partition coefficient (Wildman–Crippen LogP) is 3.80. The monoisotopic (exact) mass is 275 g/mol. The van der Waals surface area contributed by atoms with Crippen molar-refractivity contribution >= 4 is 0 Å². The van der Waals surface area contributed by atoms with E-state index in [1.807, 2.05) is 0 Å². The van der Waals surface area contributed by atoms with Crippen molar-refractivity contribution in [2.75, 3.05) is 0 Å². The van der Waals surface area contributed by atoms with Crippen molar-refractivity contribution in [3.05, 3.63) is 35.1 Å². The molecule has 1 aromatic carbocycles. The largest absolute Gasteiger partial charge is 0.416 e. The third-order valence-electron chi connectivity index (χ3n) is 2.18. The molecule has 0 aliphatic heterocycles. The van der Waals surface area contributed by atoms with Gasteiger partial charge in [0.15, 0.2) is 0 Å². The molecule has 0 bridgehead atoms. The van der Waals surface area contributed by atoms with Crippen LogP contribution in [0.5, 0.6) is 0 Å². The lowest BCUT2D eigenvalue weighted by atomic mass is 9.97. The van der Waals surface area contributed by atoms with Gasteiger partial charge in [-0.1, -0.05) is 6.07 Å². The molecule has 0 fully saturated rings. The molecule has 0 heterocycles. The fraction of sp³-hybridized carbons (Fsp3) is 0.400. The van der Waals surface area contributed by atoms with Crippen LogP contribution in [0.25, 0.3) is 0 Å². The molecule has 1 atom stereocenters. The molecule has 0 radical (unpaired) electrons. The van der Waals surface area contributed by atoms with Gasteiger partial charge in [-0.05, 0) is 12.1 Å².